The van der Waals surface area contributed by atoms with E-state index in [2.05, 4.69) is 0 Å². The average molecular weight is 380 g/mol. The van der Waals surface area contributed by atoms with Crippen LogP contribution in [0.5, 0.6) is 0 Å². The fourth-order valence-corrected chi connectivity index (χ4v) is 4.28. The van der Waals surface area contributed by atoms with Crippen molar-refractivity contribution in [1.82, 2.24) is 0 Å². The summed E-state index contributed by atoms with van der Waals surface area (Å²) in [5.41, 5.74) is 1.87. The summed E-state index contributed by atoms with van der Waals surface area (Å²) in [4.78, 5) is 46.8. The number of hydrogen-bond acceptors (Lipinski definition) is 4. The third kappa shape index (κ3) is 3.33. The molecule has 0 saturated heterocycles. The normalized spacial score (nSPS) is 23.5. The molecule has 0 aliphatic heterocycles. The smallest absolute Gasteiger partial charge is 0.335 e. The summed E-state index contributed by atoms with van der Waals surface area (Å²) in [5, 5.41) is 18.2. The van der Waals surface area contributed by atoms with Gasteiger partial charge in [-0.2, -0.15) is 0 Å². The van der Waals surface area contributed by atoms with Crippen LogP contribution < -0.4 is 0 Å². The number of ketones is 2. The molecule has 6 nitrogen and oxygen atoms in total. The highest BCUT2D eigenvalue weighted by molar-refractivity contribution is 5.92. The molecule has 28 heavy (non-hydrogen) atoms. The second-order valence-electron chi connectivity index (χ2n) is 7.18. The van der Waals surface area contributed by atoms with E-state index < -0.39 is 23.8 Å². The van der Waals surface area contributed by atoms with E-state index in [9.17, 15) is 19.2 Å². The molecule has 3 rings (SSSR count). The topological polar surface area (TPSA) is 109 Å². The summed E-state index contributed by atoms with van der Waals surface area (Å²) in [7, 11) is 0. The Hall–Kier alpha value is -3.28. The lowest BCUT2D eigenvalue weighted by Crippen LogP contribution is -2.50. The van der Waals surface area contributed by atoms with Crippen LogP contribution in [0.2, 0.25) is 0 Å². The van der Waals surface area contributed by atoms with Gasteiger partial charge in [-0.15, -0.1) is 0 Å². The standard InChI is InChI=1S/C22H20O6/c1-11(23)17-18(12(2)24)20(14-5-9-16(10-6-14)22(27)28)19(17)13-3-7-15(8-4-13)21(25)26/h3-10,17-20H,1-2H3,(H,25,26)(H,27,28). The molecule has 1 aliphatic carbocycles. The van der Waals surface area contributed by atoms with Crippen molar-refractivity contribution in [2.75, 3.05) is 0 Å². The van der Waals surface area contributed by atoms with E-state index in [1.54, 1.807) is 24.3 Å². The first-order chi connectivity index (χ1) is 13.2. The first-order valence-corrected chi connectivity index (χ1v) is 8.89. The SMILES string of the molecule is CC(=O)C1C(C(C)=O)C(c2ccc(C(=O)O)cc2)C1c1ccc(C(=O)O)cc1. The Kier molecular flexibility index (Phi) is 5.14. The molecule has 1 aliphatic rings. The summed E-state index contributed by atoms with van der Waals surface area (Å²) in [6, 6.07) is 12.7. The number of carbonyl (C=O) groups excluding carboxylic acids is 2. The zero-order valence-electron chi connectivity index (χ0n) is 15.5. The Bertz CT molecular complexity index is 862. The highest BCUT2D eigenvalue weighted by Crippen LogP contribution is 2.58. The lowest BCUT2D eigenvalue weighted by molar-refractivity contribution is -0.139. The van der Waals surface area contributed by atoms with Crippen molar-refractivity contribution in [3.8, 4) is 0 Å². The van der Waals surface area contributed by atoms with E-state index in [1.165, 1.54) is 38.1 Å². The van der Waals surface area contributed by atoms with E-state index in [0.717, 1.165) is 11.1 Å². The van der Waals surface area contributed by atoms with E-state index in [1.807, 2.05) is 0 Å². The summed E-state index contributed by atoms with van der Waals surface area (Å²) >= 11 is 0. The Balaban J connectivity index is 2.04. The molecule has 4 atom stereocenters. The van der Waals surface area contributed by atoms with E-state index in [-0.39, 0.29) is 34.5 Å². The van der Waals surface area contributed by atoms with Crippen molar-refractivity contribution >= 4 is 23.5 Å². The van der Waals surface area contributed by atoms with Crippen LogP contribution in [0.4, 0.5) is 0 Å². The zero-order valence-corrected chi connectivity index (χ0v) is 15.5. The molecular weight excluding hydrogens is 360 g/mol. The average Bonchev–Trinajstić information content (AvgIpc) is 2.61. The fourth-order valence-electron chi connectivity index (χ4n) is 4.28. The number of Topliss-reactive ketones (excluding diaryl/α,β-unsaturated/α-hetero) is 2. The number of benzene rings is 2. The Labute approximate surface area is 161 Å². The lowest BCUT2D eigenvalue weighted by Gasteiger charge is -2.50. The molecule has 0 bridgehead atoms. The zero-order chi connectivity index (χ0) is 20.6. The molecule has 2 aromatic carbocycles. The molecular formula is C22H20O6. The van der Waals surface area contributed by atoms with Crippen molar-refractivity contribution in [3.63, 3.8) is 0 Å². The number of hydrogen-bond donors (Lipinski definition) is 2. The molecule has 1 saturated carbocycles. The second-order valence-corrected chi connectivity index (χ2v) is 7.18. The van der Waals surface area contributed by atoms with Crippen molar-refractivity contribution < 1.29 is 29.4 Å². The van der Waals surface area contributed by atoms with Gasteiger partial charge in [0.25, 0.3) is 0 Å². The van der Waals surface area contributed by atoms with Crippen LogP contribution in [0, 0.1) is 11.8 Å². The van der Waals surface area contributed by atoms with Crippen LogP contribution in [0.3, 0.4) is 0 Å². The molecule has 1 fully saturated rings. The van der Waals surface area contributed by atoms with Gasteiger partial charge in [0.2, 0.25) is 0 Å². The minimum absolute atomic E-state index is 0.0917. The van der Waals surface area contributed by atoms with Crippen LogP contribution in [0.25, 0.3) is 0 Å². The summed E-state index contributed by atoms with van der Waals surface area (Å²) in [5.74, 6) is -3.78. The van der Waals surface area contributed by atoms with E-state index in [4.69, 9.17) is 10.2 Å². The lowest BCUT2D eigenvalue weighted by atomic mass is 9.50. The highest BCUT2D eigenvalue weighted by Gasteiger charge is 2.55. The van der Waals surface area contributed by atoms with E-state index in [0.29, 0.717) is 0 Å². The Morgan fingerprint density at radius 1 is 0.607 bits per heavy atom. The molecule has 2 N–H and O–H groups in total. The van der Waals surface area contributed by atoms with Crippen LogP contribution in [0.15, 0.2) is 48.5 Å². The van der Waals surface area contributed by atoms with Gasteiger partial charge in [0, 0.05) is 23.7 Å². The largest absolute Gasteiger partial charge is 0.478 e. The Morgan fingerprint density at radius 3 is 1.11 bits per heavy atom. The molecule has 0 spiro atoms. The fraction of sp³-hybridized carbons (Fsp3) is 0.273. The minimum Gasteiger partial charge on any atom is -0.478 e. The quantitative estimate of drug-likeness (QED) is 0.795. The highest BCUT2D eigenvalue weighted by atomic mass is 16.4. The van der Waals surface area contributed by atoms with Gasteiger partial charge in [-0.3, -0.25) is 9.59 Å². The number of carbonyl (C=O) groups is 4. The molecule has 0 radical (unpaired) electrons. The Morgan fingerprint density at radius 2 is 0.893 bits per heavy atom. The van der Waals surface area contributed by atoms with Crippen molar-refractivity contribution in [3.05, 3.63) is 70.8 Å². The monoisotopic (exact) mass is 380 g/mol. The van der Waals surface area contributed by atoms with Crippen molar-refractivity contribution in [2.24, 2.45) is 11.8 Å². The number of aromatic carboxylic acids is 2. The molecule has 144 valence electrons. The van der Waals surface area contributed by atoms with Crippen molar-refractivity contribution in [2.45, 2.75) is 25.7 Å². The van der Waals surface area contributed by atoms with Gasteiger partial charge in [-0.25, -0.2) is 9.59 Å². The third-order valence-corrected chi connectivity index (χ3v) is 5.57. The van der Waals surface area contributed by atoms with Gasteiger partial charge >= 0.3 is 11.9 Å². The first kappa shape index (κ1) is 19.5. The molecule has 0 aromatic heterocycles. The summed E-state index contributed by atoms with van der Waals surface area (Å²) in [6.07, 6.45) is 0. The minimum atomic E-state index is -1.04. The molecule has 0 amide bonds. The van der Waals surface area contributed by atoms with Crippen LogP contribution in [-0.2, 0) is 9.59 Å². The maximum absolute atomic E-state index is 12.3. The third-order valence-electron chi connectivity index (χ3n) is 5.57. The summed E-state index contributed by atoms with van der Waals surface area (Å²) < 4.78 is 0. The van der Waals surface area contributed by atoms with Gasteiger partial charge in [0.05, 0.1) is 11.1 Å². The van der Waals surface area contributed by atoms with Gasteiger partial charge < -0.3 is 10.2 Å². The number of carboxylic acid groups (broad SMARTS) is 2. The van der Waals surface area contributed by atoms with Crippen LogP contribution in [0.1, 0.15) is 57.5 Å². The summed E-state index contributed by atoms with van der Waals surface area (Å²) in [6.45, 7) is 2.92. The predicted molar refractivity (Wildman–Crippen MR) is 101 cm³/mol. The molecule has 0 heterocycles. The molecule has 4 unspecified atom stereocenters. The van der Waals surface area contributed by atoms with Gasteiger partial charge in [0.1, 0.15) is 11.6 Å². The molecule has 6 heteroatoms. The first-order valence-electron chi connectivity index (χ1n) is 8.89. The number of rotatable bonds is 6. The maximum Gasteiger partial charge on any atom is 0.335 e. The van der Waals surface area contributed by atoms with Gasteiger partial charge in [-0.05, 0) is 49.2 Å². The number of carboxylic acids is 2. The molecule has 2 aromatic rings. The van der Waals surface area contributed by atoms with Gasteiger partial charge in [-0.1, -0.05) is 24.3 Å². The van der Waals surface area contributed by atoms with Crippen LogP contribution in [-0.4, -0.2) is 33.7 Å². The van der Waals surface area contributed by atoms with Crippen LogP contribution >= 0.6 is 0 Å². The van der Waals surface area contributed by atoms with E-state index >= 15 is 0 Å². The predicted octanol–water partition coefficient (Wildman–Crippen LogP) is 3.37. The van der Waals surface area contributed by atoms with Crippen molar-refractivity contribution in [1.29, 1.82) is 0 Å². The second kappa shape index (κ2) is 7.38. The maximum atomic E-state index is 12.3. The van der Waals surface area contributed by atoms with Gasteiger partial charge in [0.15, 0.2) is 0 Å².